The molecule has 0 fully saturated rings. The van der Waals surface area contributed by atoms with E-state index in [1.54, 1.807) is 61.0 Å². The minimum absolute atomic E-state index is 0.0641. The monoisotopic (exact) mass is 488 g/mol. The first kappa shape index (κ1) is 24.6. The zero-order valence-corrected chi connectivity index (χ0v) is 20.1. The molecule has 4 aromatic rings. The summed E-state index contributed by atoms with van der Waals surface area (Å²) in [5, 5.41) is 18.7. The molecule has 1 aromatic heterocycles. The van der Waals surface area contributed by atoms with Gasteiger partial charge < -0.3 is 10.1 Å². The van der Waals surface area contributed by atoms with E-state index in [0.717, 1.165) is 16.8 Å². The van der Waals surface area contributed by atoms with Crippen molar-refractivity contribution in [3.63, 3.8) is 0 Å². The summed E-state index contributed by atoms with van der Waals surface area (Å²) in [7, 11) is 0. The number of aryl methyl sites for hydroxylation is 2. The maximum absolute atomic E-state index is 13.5. The SMILES string of the molecule is Cc1ccc(OCc2cccc(C(=O)Nc3c(C)nn(Cc4cccc(F)c4)c3C)c2)c([N+](=O)[O-])c1. The van der Waals surface area contributed by atoms with Crippen molar-refractivity contribution < 1.29 is 18.8 Å². The van der Waals surface area contributed by atoms with Gasteiger partial charge in [-0.1, -0.05) is 30.3 Å². The lowest BCUT2D eigenvalue weighted by Crippen LogP contribution is -2.14. The third-order valence-corrected chi connectivity index (χ3v) is 5.74. The number of carbonyl (C=O) groups is 1. The van der Waals surface area contributed by atoms with E-state index in [1.165, 1.54) is 18.2 Å². The Morgan fingerprint density at radius 3 is 2.56 bits per heavy atom. The number of amides is 1. The molecule has 0 aliphatic carbocycles. The second kappa shape index (κ2) is 10.4. The van der Waals surface area contributed by atoms with E-state index in [-0.39, 0.29) is 29.8 Å². The Bertz CT molecular complexity index is 1450. The van der Waals surface area contributed by atoms with E-state index in [4.69, 9.17) is 4.74 Å². The van der Waals surface area contributed by atoms with Crippen LogP contribution in [0.1, 0.15) is 38.4 Å². The number of ether oxygens (including phenoxy) is 1. The van der Waals surface area contributed by atoms with Crippen molar-refractivity contribution in [3.05, 3.63) is 116 Å². The van der Waals surface area contributed by atoms with Crippen molar-refractivity contribution in [1.82, 2.24) is 9.78 Å². The first-order valence-corrected chi connectivity index (χ1v) is 11.3. The third-order valence-electron chi connectivity index (χ3n) is 5.74. The molecule has 36 heavy (non-hydrogen) atoms. The number of nitrogens with one attached hydrogen (secondary N) is 1. The number of nitro groups is 1. The Labute approximate surface area is 207 Å². The lowest BCUT2D eigenvalue weighted by atomic mass is 10.1. The van der Waals surface area contributed by atoms with Gasteiger partial charge in [-0.25, -0.2) is 4.39 Å². The van der Waals surface area contributed by atoms with E-state index < -0.39 is 4.92 Å². The quantitative estimate of drug-likeness (QED) is 0.252. The number of nitro benzene ring substituents is 1. The van der Waals surface area contributed by atoms with Crippen LogP contribution in [-0.4, -0.2) is 20.6 Å². The van der Waals surface area contributed by atoms with Crippen molar-refractivity contribution in [2.45, 2.75) is 33.9 Å². The van der Waals surface area contributed by atoms with E-state index in [0.29, 0.717) is 29.1 Å². The molecule has 8 nitrogen and oxygen atoms in total. The Morgan fingerprint density at radius 1 is 1.06 bits per heavy atom. The topological polar surface area (TPSA) is 99.3 Å². The predicted molar refractivity (Wildman–Crippen MR) is 134 cm³/mol. The molecular weight excluding hydrogens is 463 g/mol. The number of benzene rings is 3. The average molecular weight is 489 g/mol. The normalized spacial score (nSPS) is 10.8. The molecule has 0 aliphatic rings. The number of hydrogen-bond acceptors (Lipinski definition) is 5. The van der Waals surface area contributed by atoms with Crippen LogP contribution in [0.15, 0.2) is 66.7 Å². The zero-order valence-electron chi connectivity index (χ0n) is 20.1. The van der Waals surface area contributed by atoms with Gasteiger partial charge in [0.1, 0.15) is 12.4 Å². The lowest BCUT2D eigenvalue weighted by molar-refractivity contribution is -0.386. The first-order chi connectivity index (χ1) is 17.2. The van der Waals surface area contributed by atoms with Gasteiger partial charge in [-0.15, -0.1) is 0 Å². The van der Waals surface area contributed by atoms with Crippen molar-refractivity contribution in [3.8, 4) is 5.75 Å². The highest BCUT2D eigenvalue weighted by Crippen LogP contribution is 2.28. The van der Waals surface area contributed by atoms with Crippen LogP contribution in [0, 0.1) is 36.7 Å². The van der Waals surface area contributed by atoms with Gasteiger partial charge in [0.15, 0.2) is 5.75 Å². The summed E-state index contributed by atoms with van der Waals surface area (Å²) in [4.78, 5) is 23.9. The summed E-state index contributed by atoms with van der Waals surface area (Å²) < 4.78 is 21.0. The molecule has 1 amide bonds. The van der Waals surface area contributed by atoms with Gasteiger partial charge in [0.05, 0.1) is 28.5 Å². The molecule has 0 saturated carbocycles. The fourth-order valence-electron chi connectivity index (χ4n) is 3.88. The van der Waals surface area contributed by atoms with Crippen molar-refractivity contribution >= 4 is 17.3 Å². The molecule has 4 rings (SSSR count). The van der Waals surface area contributed by atoms with Crippen LogP contribution < -0.4 is 10.1 Å². The number of carbonyl (C=O) groups excluding carboxylic acids is 1. The van der Waals surface area contributed by atoms with Crippen LogP contribution in [-0.2, 0) is 13.2 Å². The van der Waals surface area contributed by atoms with Gasteiger partial charge in [0.25, 0.3) is 5.91 Å². The highest BCUT2D eigenvalue weighted by atomic mass is 19.1. The number of nitrogens with zero attached hydrogens (tertiary/aromatic N) is 3. The summed E-state index contributed by atoms with van der Waals surface area (Å²) in [5.74, 6) is -0.476. The highest BCUT2D eigenvalue weighted by molar-refractivity contribution is 6.05. The van der Waals surface area contributed by atoms with Crippen LogP contribution in [0.5, 0.6) is 5.75 Å². The van der Waals surface area contributed by atoms with Gasteiger partial charge in [0.2, 0.25) is 0 Å². The van der Waals surface area contributed by atoms with Gasteiger partial charge in [0, 0.05) is 11.6 Å². The molecule has 9 heteroatoms. The third kappa shape index (κ3) is 5.57. The van der Waals surface area contributed by atoms with Crippen molar-refractivity contribution in [1.29, 1.82) is 0 Å². The first-order valence-electron chi connectivity index (χ1n) is 11.3. The molecule has 0 unspecified atom stereocenters. The average Bonchev–Trinajstić information content (AvgIpc) is 3.10. The molecule has 0 radical (unpaired) electrons. The summed E-state index contributed by atoms with van der Waals surface area (Å²) in [5.41, 5.74) is 4.50. The molecule has 0 spiro atoms. The number of aromatic nitrogens is 2. The van der Waals surface area contributed by atoms with Crippen molar-refractivity contribution in [2.24, 2.45) is 0 Å². The number of halogens is 1. The number of rotatable bonds is 8. The van der Waals surface area contributed by atoms with E-state index in [2.05, 4.69) is 10.4 Å². The van der Waals surface area contributed by atoms with Crippen molar-refractivity contribution in [2.75, 3.05) is 5.32 Å². The fraction of sp³-hybridized carbons (Fsp3) is 0.185. The standard InChI is InChI=1S/C27H25FN4O4/c1-17-10-11-25(24(12-17)32(34)35)36-16-21-7-4-8-22(13-21)27(33)29-26-18(2)30-31(19(26)3)15-20-6-5-9-23(28)14-20/h4-14H,15-16H2,1-3H3,(H,29,33). The Balaban J connectivity index is 1.47. The maximum Gasteiger partial charge on any atom is 0.311 e. The number of hydrogen-bond donors (Lipinski definition) is 1. The second-order valence-corrected chi connectivity index (χ2v) is 8.50. The number of anilines is 1. The van der Waals surface area contributed by atoms with Crippen LogP contribution in [0.3, 0.4) is 0 Å². The van der Waals surface area contributed by atoms with Crippen LogP contribution in [0.2, 0.25) is 0 Å². The minimum atomic E-state index is -0.481. The van der Waals surface area contributed by atoms with Gasteiger partial charge >= 0.3 is 5.69 Å². The van der Waals surface area contributed by atoms with E-state index in [9.17, 15) is 19.3 Å². The molecule has 0 aliphatic heterocycles. The molecule has 0 bridgehead atoms. The lowest BCUT2D eigenvalue weighted by Gasteiger charge is -2.10. The van der Waals surface area contributed by atoms with Gasteiger partial charge in [-0.05, 0) is 67.8 Å². The molecule has 3 aromatic carbocycles. The van der Waals surface area contributed by atoms with Crippen LogP contribution in [0.25, 0.3) is 0 Å². The zero-order chi connectivity index (χ0) is 25.8. The molecular formula is C27H25FN4O4. The highest BCUT2D eigenvalue weighted by Gasteiger charge is 2.17. The molecule has 184 valence electrons. The Morgan fingerprint density at radius 2 is 1.81 bits per heavy atom. The van der Waals surface area contributed by atoms with Crippen LogP contribution >= 0.6 is 0 Å². The predicted octanol–water partition coefficient (Wildman–Crippen LogP) is 5.74. The summed E-state index contributed by atoms with van der Waals surface area (Å²) in [6.07, 6.45) is 0. The van der Waals surface area contributed by atoms with Crippen LogP contribution in [0.4, 0.5) is 15.8 Å². The molecule has 0 saturated heterocycles. The van der Waals surface area contributed by atoms with Gasteiger partial charge in [-0.2, -0.15) is 5.10 Å². The van der Waals surface area contributed by atoms with E-state index >= 15 is 0 Å². The molecule has 0 atom stereocenters. The van der Waals surface area contributed by atoms with E-state index in [1.807, 2.05) is 13.0 Å². The Hall–Kier alpha value is -4.53. The largest absolute Gasteiger partial charge is 0.482 e. The smallest absolute Gasteiger partial charge is 0.311 e. The fourth-order valence-corrected chi connectivity index (χ4v) is 3.88. The Kier molecular flexibility index (Phi) is 7.10. The maximum atomic E-state index is 13.5. The molecule has 1 heterocycles. The minimum Gasteiger partial charge on any atom is -0.482 e. The summed E-state index contributed by atoms with van der Waals surface area (Å²) in [6, 6.07) is 17.9. The summed E-state index contributed by atoms with van der Waals surface area (Å²) in [6.45, 7) is 5.84. The molecule has 1 N–H and O–H groups in total. The van der Waals surface area contributed by atoms with Gasteiger partial charge in [-0.3, -0.25) is 19.6 Å². The summed E-state index contributed by atoms with van der Waals surface area (Å²) >= 11 is 0. The second-order valence-electron chi connectivity index (χ2n) is 8.50.